The first-order chi connectivity index (χ1) is 10.2. The molecule has 0 unspecified atom stereocenters. The lowest BCUT2D eigenvalue weighted by atomic mass is 10.2. The molecule has 0 amide bonds. The van der Waals surface area contributed by atoms with Gasteiger partial charge < -0.3 is 10.2 Å². The molecule has 4 heteroatoms. The van der Waals surface area contributed by atoms with Crippen LogP contribution in [0.15, 0.2) is 46.9 Å². The van der Waals surface area contributed by atoms with E-state index in [1.807, 2.05) is 0 Å². The minimum Gasteiger partial charge on any atom is -0.380 e. The molecule has 1 N–H and O–H groups in total. The number of hydrogen-bond donors (Lipinski definition) is 1. The molecule has 0 radical (unpaired) electrons. The Labute approximate surface area is 133 Å². The highest BCUT2D eigenvalue weighted by Gasteiger charge is 2.11. The van der Waals surface area contributed by atoms with Gasteiger partial charge in [0.15, 0.2) is 0 Å². The summed E-state index contributed by atoms with van der Waals surface area (Å²) in [5.74, 6) is -0.234. The maximum Gasteiger partial charge on any atom is 0.124 e. The van der Waals surface area contributed by atoms with Crippen LogP contribution in [0.5, 0.6) is 0 Å². The highest BCUT2D eigenvalue weighted by atomic mass is 79.9. The van der Waals surface area contributed by atoms with Crippen LogP contribution in [-0.2, 0) is 6.54 Å². The van der Waals surface area contributed by atoms with Crippen LogP contribution in [0.25, 0.3) is 0 Å². The van der Waals surface area contributed by atoms with Crippen LogP contribution in [0.1, 0.15) is 18.4 Å². The molecule has 2 aromatic carbocycles. The fourth-order valence-corrected chi connectivity index (χ4v) is 3.12. The van der Waals surface area contributed by atoms with Gasteiger partial charge in [0, 0.05) is 35.5 Å². The molecule has 3 rings (SSSR count). The van der Waals surface area contributed by atoms with Gasteiger partial charge in [0.1, 0.15) is 5.82 Å². The molecule has 1 heterocycles. The van der Waals surface area contributed by atoms with E-state index < -0.39 is 0 Å². The zero-order valence-corrected chi connectivity index (χ0v) is 13.4. The summed E-state index contributed by atoms with van der Waals surface area (Å²) in [6.45, 7) is 3.06. The number of hydrogen-bond acceptors (Lipinski definition) is 2. The maximum absolute atomic E-state index is 13.0. The average Bonchev–Trinajstić information content (AvgIpc) is 3.01. The number of benzene rings is 2. The van der Waals surface area contributed by atoms with Crippen LogP contribution in [0, 0.1) is 5.82 Å². The normalized spacial score (nSPS) is 14.5. The molecule has 0 aromatic heterocycles. The van der Waals surface area contributed by atoms with Gasteiger partial charge in [-0.1, -0.05) is 12.1 Å². The second-order valence-corrected chi connectivity index (χ2v) is 6.19. The van der Waals surface area contributed by atoms with Crippen molar-refractivity contribution in [2.45, 2.75) is 19.4 Å². The lowest BCUT2D eigenvalue weighted by molar-refractivity contribution is 0.627. The van der Waals surface area contributed by atoms with Gasteiger partial charge in [-0.2, -0.15) is 0 Å². The number of nitrogens with one attached hydrogen (secondary N) is 1. The van der Waals surface area contributed by atoms with Crippen molar-refractivity contribution in [1.82, 2.24) is 0 Å². The third-order valence-electron chi connectivity index (χ3n) is 3.82. The van der Waals surface area contributed by atoms with E-state index >= 15 is 0 Å². The summed E-state index contributed by atoms with van der Waals surface area (Å²) in [7, 11) is 0. The molecule has 0 bridgehead atoms. The highest BCUT2D eigenvalue weighted by Crippen LogP contribution is 2.24. The SMILES string of the molecule is Fc1ccc(NCc2ccc(N3CCCC3)cc2)c(Br)c1. The van der Waals surface area contributed by atoms with Crippen molar-refractivity contribution in [3.63, 3.8) is 0 Å². The van der Waals surface area contributed by atoms with Crippen molar-refractivity contribution in [2.24, 2.45) is 0 Å². The van der Waals surface area contributed by atoms with Gasteiger partial charge in [-0.05, 0) is 64.7 Å². The molecule has 21 heavy (non-hydrogen) atoms. The Bertz CT molecular complexity index is 607. The van der Waals surface area contributed by atoms with Crippen LogP contribution in [0.2, 0.25) is 0 Å². The summed E-state index contributed by atoms with van der Waals surface area (Å²) in [4.78, 5) is 2.42. The van der Waals surface area contributed by atoms with Crippen molar-refractivity contribution >= 4 is 27.3 Å². The van der Waals surface area contributed by atoms with Gasteiger partial charge in [-0.15, -0.1) is 0 Å². The Hall–Kier alpha value is -1.55. The van der Waals surface area contributed by atoms with E-state index in [4.69, 9.17) is 0 Å². The van der Waals surface area contributed by atoms with E-state index in [-0.39, 0.29) is 5.82 Å². The standard InChI is InChI=1S/C17H18BrFN2/c18-16-11-14(19)5-8-17(16)20-12-13-3-6-15(7-4-13)21-9-1-2-10-21/h3-8,11,20H,1-2,9-10,12H2. The van der Waals surface area contributed by atoms with Crippen molar-refractivity contribution in [3.05, 3.63) is 58.3 Å². The Morgan fingerprint density at radius 2 is 1.76 bits per heavy atom. The quantitative estimate of drug-likeness (QED) is 0.853. The fourth-order valence-electron chi connectivity index (χ4n) is 2.63. The number of nitrogens with zero attached hydrogens (tertiary/aromatic N) is 1. The molecule has 1 fully saturated rings. The minimum absolute atomic E-state index is 0.234. The first kappa shape index (κ1) is 14.4. The number of rotatable bonds is 4. The number of anilines is 2. The second kappa shape index (κ2) is 6.48. The van der Waals surface area contributed by atoms with Crippen molar-refractivity contribution in [1.29, 1.82) is 0 Å². The third kappa shape index (κ3) is 3.56. The largest absolute Gasteiger partial charge is 0.380 e. The summed E-state index contributed by atoms with van der Waals surface area (Å²) in [6.07, 6.45) is 2.59. The smallest absolute Gasteiger partial charge is 0.124 e. The van der Waals surface area contributed by atoms with Crippen LogP contribution in [0.4, 0.5) is 15.8 Å². The van der Waals surface area contributed by atoms with Gasteiger partial charge in [-0.25, -0.2) is 4.39 Å². The molecule has 1 saturated heterocycles. The van der Waals surface area contributed by atoms with E-state index in [0.29, 0.717) is 0 Å². The predicted octanol–water partition coefficient (Wildman–Crippen LogP) is 4.80. The van der Waals surface area contributed by atoms with E-state index in [1.165, 1.54) is 49.3 Å². The van der Waals surface area contributed by atoms with E-state index in [1.54, 1.807) is 6.07 Å². The monoisotopic (exact) mass is 348 g/mol. The zero-order chi connectivity index (χ0) is 14.7. The first-order valence-corrected chi connectivity index (χ1v) is 8.04. The molecule has 110 valence electrons. The molecule has 1 aliphatic rings. The van der Waals surface area contributed by atoms with E-state index in [2.05, 4.69) is 50.4 Å². The van der Waals surface area contributed by atoms with Crippen LogP contribution >= 0.6 is 15.9 Å². The third-order valence-corrected chi connectivity index (χ3v) is 4.48. The molecule has 2 nitrogen and oxygen atoms in total. The fraction of sp³-hybridized carbons (Fsp3) is 0.294. The minimum atomic E-state index is -0.234. The van der Waals surface area contributed by atoms with Gasteiger partial charge in [0.05, 0.1) is 0 Å². The van der Waals surface area contributed by atoms with Crippen molar-refractivity contribution < 1.29 is 4.39 Å². The Morgan fingerprint density at radius 1 is 1.05 bits per heavy atom. The maximum atomic E-state index is 13.0. The lowest BCUT2D eigenvalue weighted by Gasteiger charge is -2.18. The Kier molecular flexibility index (Phi) is 4.44. The Balaban J connectivity index is 1.62. The molecule has 0 aliphatic carbocycles. The van der Waals surface area contributed by atoms with Crippen LogP contribution in [-0.4, -0.2) is 13.1 Å². The summed E-state index contributed by atoms with van der Waals surface area (Å²) in [5, 5.41) is 3.32. The van der Waals surface area contributed by atoms with Crippen molar-refractivity contribution in [3.8, 4) is 0 Å². The van der Waals surface area contributed by atoms with Gasteiger partial charge in [0.2, 0.25) is 0 Å². The molecule has 0 atom stereocenters. The molecule has 2 aromatic rings. The van der Waals surface area contributed by atoms with Crippen LogP contribution in [0.3, 0.4) is 0 Å². The molecular weight excluding hydrogens is 331 g/mol. The van der Waals surface area contributed by atoms with Gasteiger partial charge in [-0.3, -0.25) is 0 Å². The average molecular weight is 349 g/mol. The van der Waals surface area contributed by atoms with E-state index in [0.717, 1.165) is 16.7 Å². The van der Waals surface area contributed by atoms with Crippen molar-refractivity contribution in [2.75, 3.05) is 23.3 Å². The molecule has 0 saturated carbocycles. The lowest BCUT2D eigenvalue weighted by Crippen LogP contribution is -2.17. The highest BCUT2D eigenvalue weighted by molar-refractivity contribution is 9.10. The zero-order valence-electron chi connectivity index (χ0n) is 11.8. The molecule has 0 spiro atoms. The summed E-state index contributed by atoms with van der Waals surface area (Å²) < 4.78 is 13.8. The summed E-state index contributed by atoms with van der Waals surface area (Å²) in [6, 6.07) is 13.3. The van der Waals surface area contributed by atoms with Gasteiger partial charge in [0.25, 0.3) is 0 Å². The summed E-state index contributed by atoms with van der Waals surface area (Å²) in [5.41, 5.74) is 3.42. The predicted molar refractivity (Wildman–Crippen MR) is 89.3 cm³/mol. The molecular formula is C17H18BrFN2. The second-order valence-electron chi connectivity index (χ2n) is 5.34. The summed E-state index contributed by atoms with van der Waals surface area (Å²) >= 11 is 3.37. The number of halogens is 2. The molecule has 1 aliphatic heterocycles. The topological polar surface area (TPSA) is 15.3 Å². The first-order valence-electron chi connectivity index (χ1n) is 7.25. The van der Waals surface area contributed by atoms with E-state index in [9.17, 15) is 4.39 Å². The van der Waals surface area contributed by atoms with Crippen LogP contribution < -0.4 is 10.2 Å². The Morgan fingerprint density at radius 3 is 2.43 bits per heavy atom. The van der Waals surface area contributed by atoms with Gasteiger partial charge >= 0.3 is 0 Å².